The molecule has 0 spiro atoms. The van der Waals surface area contributed by atoms with E-state index in [0.29, 0.717) is 0 Å². The fourth-order valence-corrected chi connectivity index (χ4v) is 1.37. The van der Waals surface area contributed by atoms with E-state index in [1.54, 1.807) is 0 Å². The van der Waals surface area contributed by atoms with Gasteiger partial charge in [0, 0.05) is 0 Å². The summed E-state index contributed by atoms with van der Waals surface area (Å²) < 4.78 is 0. The maximum Gasteiger partial charge on any atom is -0.00915 e. The van der Waals surface area contributed by atoms with Crippen molar-refractivity contribution in [1.29, 1.82) is 0 Å². The van der Waals surface area contributed by atoms with Crippen LogP contribution in [0.2, 0.25) is 0 Å². The van der Waals surface area contributed by atoms with E-state index < -0.39 is 0 Å². The molecule has 0 saturated carbocycles. The third-order valence-corrected chi connectivity index (χ3v) is 1.95. The summed E-state index contributed by atoms with van der Waals surface area (Å²) in [6.45, 7) is 0. The van der Waals surface area contributed by atoms with Gasteiger partial charge in [-0.2, -0.15) is 0 Å². The maximum absolute atomic E-state index is 2.21. The van der Waals surface area contributed by atoms with Crippen LogP contribution in [-0.4, -0.2) is 0 Å². The van der Waals surface area contributed by atoms with E-state index in [9.17, 15) is 0 Å². The Balaban J connectivity index is 2.38. The molecule has 0 aromatic rings. The molecule has 0 fully saturated rings. The average Bonchev–Trinajstić information content (AvgIpc) is 2.05. The molecule has 0 heterocycles. The van der Waals surface area contributed by atoms with Gasteiger partial charge in [0.05, 0.1) is 0 Å². The highest BCUT2D eigenvalue weighted by Gasteiger charge is 2.05. The molecule has 0 saturated heterocycles. The zero-order valence-corrected chi connectivity index (χ0v) is 5.88. The predicted molar refractivity (Wildman–Crippen MR) is 43.7 cm³/mol. The molecule has 0 unspecified atom stereocenters. The Hall–Kier alpha value is -1.04. The van der Waals surface area contributed by atoms with E-state index in [1.165, 1.54) is 11.1 Å². The van der Waals surface area contributed by atoms with Gasteiger partial charge in [0.25, 0.3) is 0 Å². The summed E-state index contributed by atoms with van der Waals surface area (Å²) in [5, 5.41) is 0. The van der Waals surface area contributed by atoms with E-state index in [-0.39, 0.29) is 0 Å². The number of hydrogen-bond acceptors (Lipinski definition) is 0. The molecular weight excluding hydrogens is 120 g/mol. The van der Waals surface area contributed by atoms with Crippen LogP contribution >= 0.6 is 0 Å². The van der Waals surface area contributed by atoms with Gasteiger partial charge in [-0.15, -0.1) is 0 Å². The molecule has 0 radical (unpaired) electrons. The molecule has 0 N–H and O–H groups in total. The topological polar surface area (TPSA) is 0 Å². The largest absolute Gasteiger partial charge is 0.0801 e. The SMILES string of the molecule is C1=CCC2=CC=CCC2=C1. The molecule has 2 rings (SSSR count). The zero-order chi connectivity index (χ0) is 6.81. The summed E-state index contributed by atoms with van der Waals surface area (Å²) in [4.78, 5) is 0. The molecule has 0 aromatic carbocycles. The fourth-order valence-electron chi connectivity index (χ4n) is 1.37. The van der Waals surface area contributed by atoms with Gasteiger partial charge in [-0.05, 0) is 24.0 Å². The summed E-state index contributed by atoms with van der Waals surface area (Å²) in [7, 11) is 0. The normalized spacial score (nSPS) is 21.6. The van der Waals surface area contributed by atoms with Crippen molar-refractivity contribution in [2.75, 3.05) is 0 Å². The molecular formula is C10H10. The minimum atomic E-state index is 1.12. The Morgan fingerprint density at radius 3 is 1.80 bits per heavy atom. The Labute approximate surface area is 61.3 Å². The Morgan fingerprint density at radius 2 is 1.30 bits per heavy atom. The smallest absolute Gasteiger partial charge is 0.00915 e. The highest BCUT2D eigenvalue weighted by atomic mass is 14.1. The van der Waals surface area contributed by atoms with Crippen LogP contribution in [0, 0.1) is 0 Å². The van der Waals surface area contributed by atoms with Crippen molar-refractivity contribution in [1.82, 2.24) is 0 Å². The van der Waals surface area contributed by atoms with Crippen LogP contribution in [0.1, 0.15) is 12.8 Å². The van der Waals surface area contributed by atoms with Gasteiger partial charge in [0.15, 0.2) is 0 Å². The average molecular weight is 130 g/mol. The molecule has 0 heteroatoms. The third-order valence-electron chi connectivity index (χ3n) is 1.95. The fraction of sp³-hybridized carbons (Fsp3) is 0.200. The van der Waals surface area contributed by atoms with Crippen molar-refractivity contribution < 1.29 is 0 Å². The van der Waals surface area contributed by atoms with Crippen LogP contribution in [0.3, 0.4) is 0 Å². The van der Waals surface area contributed by atoms with Crippen LogP contribution in [0.4, 0.5) is 0 Å². The second kappa shape index (κ2) is 2.30. The van der Waals surface area contributed by atoms with E-state index in [4.69, 9.17) is 0 Å². The second-order valence-corrected chi connectivity index (χ2v) is 2.65. The zero-order valence-electron chi connectivity index (χ0n) is 5.88. The van der Waals surface area contributed by atoms with Crippen molar-refractivity contribution in [3.05, 3.63) is 47.6 Å². The van der Waals surface area contributed by atoms with Crippen molar-refractivity contribution >= 4 is 0 Å². The Bertz CT molecular complexity index is 221. The third kappa shape index (κ3) is 0.860. The Morgan fingerprint density at radius 1 is 0.800 bits per heavy atom. The standard InChI is InChI=1S/C10H10/c1-2-6-10-8-4-3-7-9(10)5-1/h1-5,8H,6-7H2. The van der Waals surface area contributed by atoms with E-state index in [1.807, 2.05) is 0 Å². The van der Waals surface area contributed by atoms with E-state index in [0.717, 1.165) is 12.8 Å². The number of allylic oxidation sites excluding steroid dienone is 8. The van der Waals surface area contributed by atoms with Gasteiger partial charge < -0.3 is 0 Å². The van der Waals surface area contributed by atoms with Gasteiger partial charge in [0.2, 0.25) is 0 Å². The first-order valence-electron chi connectivity index (χ1n) is 3.68. The van der Waals surface area contributed by atoms with Crippen LogP contribution in [0.25, 0.3) is 0 Å². The van der Waals surface area contributed by atoms with Crippen molar-refractivity contribution in [2.45, 2.75) is 12.8 Å². The first kappa shape index (κ1) is 5.72. The molecule has 0 atom stereocenters. The Kier molecular flexibility index (Phi) is 1.31. The summed E-state index contributed by atoms with van der Waals surface area (Å²) in [6.07, 6.45) is 15.4. The van der Waals surface area contributed by atoms with Gasteiger partial charge in [-0.1, -0.05) is 36.5 Å². The molecule has 0 bridgehead atoms. The van der Waals surface area contributed by atoms with E-state index in [2.05, 4.69) is 36.5 Å². The lowest BCUT2D eigenvalue weighted by atomic mass is 9.92. The minimum absolute atomic E-state index is 1.12. The first-order chi connectivity index (χ1) is 4.97. The van der Waals surface area contributed by atoms with Crippen LogP contribution in [-0.2, 0) is 0 Å². The summed E-state index contributed by atoms with van der Waals surface area (Å²) >= 11 is 0. The molecule has 10 heavy (non-hydrogen) atoms. The lowest BCUT2D eigenvalue weighted by molar-refractivity contribution is 1.10. The minimum Gasteiger partial charge on any atom is -0.0801 e. The lowest BCUT2D eigenvalue weighted by Crippen LogP contribution is -1.94. The number of fused-ring (bicyclic) bond motifs is 1. The number of hydrogen-bond donors (Lipinski definition) is 0. The summed E-state index contributed by atoms with van der Waals surface area (Å²) in [5.41, 5.74) is 2.98. The highest BCUT2D eigenvalue weighted by molar-refractivity contribution is 5.44. The molecule has 0 aliphatic heterocycles. The van der Waals surface area contributed by atoms with Crippen LogP contribution in [0.15, 0.2) is 47.6 Å². The molecule has 2 aliphatic rings. The molecule has 0 aromatic heterocycles. The van der Waals surface area contributed by atoms with Gasteiger partial charge >= 0.3 is 0 Å². The van der Waals surface area contributed by atoms with Crippen molar-refractivity contribution in [3.63, 3.8) is 0 Å². The van der Waals surface area contributed by atoms with Crippen LogP contribution in [0.5, 0.6) is 0 Å². The van der Waals surface area contributed by atoms with Crippen LogP contribution < -0.4 is 0 Å². The van der Waals surface area contributed by atoms with Crippen molar-refractivity contribution in [2.24, 2.45) is 0 Å². The summed E-state index contributed by atoms with van der Waals surface area (Å²) in [6, 6.07) is 0. The summed E-state index contributed by atoms with van der Waals surface area (Å²) in [5.74, 6) is 0. The van der Waals surface area contributed by atoms with Crippen molar-refractivity contribution in [3.8, 4) is 0 Å². The molecule has 0 nitrogen and oxygen atoms in total. The predicted octanol–water partition coefficient (Wildman–Crippen LogP) is 2.76. The molecule has 50 valence electrons. The number of rotatable bonds is 0. The maximum atomic E-state index is 2.21. The first-order valence-corrected chi connectivity index (χ1v) is 3.68. The monoisotopic (exact) mass is 130 g/mol. The van der Waals surface area contributed by atoms with Gasteiger partial charge in [0.1, 0.15) is 0 Å². The molecule has 2 aliphatic carbocycles. The molecule has 0 amide bonds. The highest BCUT2D eigenvalue weighted by Crippen LogP contribution is 2.25. The quantitative estimate of drug-likeness (QED) is 0.473. The second-order valence-electron chi connectivity index (χ2n) is 2.65. The van der Waals surface area contributed by atoms with E-state index >= 15 is 0 Å². The lowest BCUT2D eigenvalue weighted by Gasteiger charge is -2.13. The van der Waals surface area contributed by atoms with Gasteiger partial charge in [-0.3, -0.25) is 0 Å². The van der Waals surface area contributed by atoms with Gasteiger partial charge in [-0.25, -0.2) is 0 Å².